The van der Waals surface area contributed by atoms with Gasteiger partial charge in [0.25, 0.3) is 5.91 Å². The molecule has 5 nitrogen and oxygen atoms in total. The Hall–Kier alpha value is -1.53. The first-order valence-corrected chi connectivity index (χ1v) is 9.34. The minimum atomic E-state index is -0.360. The number of carbonyl (C=O) groups is 2. The fourth-order valence-corrected chi connectivity index (χ4v) is 4.13. The van der Waals surface area contributed by atoms with Gasteiger partial charge in [-0.05, 0) is 31.4 Å². The third-order valence-corrected chi connectivity index (χ3v) is 5.56. The molecule has 24 heavy (non-hydrogen) atoms. The van der Waals surface area contributed by atoms with Crippen molar-refractivity contribution < 1.29 is 19.1 Å². The molecule has 0 radical (unpaired) electrons. The number of rotatable bonds is 4. The van der Waals surface area contributed by atoms with Crippen LogP contribution in [0.25, 0.3) is 0 Å². The number of carbonyl (C=O) groups excluding carboxylic acids is 2. The molecule has 0 aliphatic carbocycles. The van der Waals surface area contributed by atoms with Crippen molar-refractivity contribution in [3.05, 3.63) is 24.3 Å². The first-order chi connectivity index (χ1) is 11.6. The van der Waals surface area contributed by atoms with Gasteiger partial charge in [0, 0.05) is 23.3 Å². The maximum atomic E-state index is 12.6. The first-order valence-electron chi connectivity index (χ1n) is 8.47. The molecule has 0 N–H and O–H groups in total. The Morgan fingerprint density at radius 3 is 2.96 bits per heavy atom. The summed E-state index contributed by atoms with van der Waals surface area (Å²) in [6.45, 7) is 3.31. The van der Waals surface area contributed by atoms with Gasteiger partial charge in [0.2, 0.25) is 0 Å². The molecule has 1 amide bonds. The number of hydrogen-bond donors (Lipinski definition) is 0. The van der Waals surface area contributed by atoms with Crippen molar-refractivity contribution in [2.75, 3.05) is 24.7 Å². The molecule has 0 saturated carbocycles. The van der Waals surface area contributed by atoms with Crippen molar-refractivity contribution in [2.24, 2.45) is 0 Å². The average Bonchev–Trinajstić information content (AvgIpc) is 3.01. The van der Waals surface area contributed by atoms with E-state index in [9.17, 15) is 9.59 Å². The standard InChI is InChI=1S/C18H23NO4S/c1-13-8-9-19(15-6-2-3-7-16(15)24-13)17(20)12-23-18(21)11-14-5-4-10-22-14/h2-3,6-7,13-14H,4-5,8-12H2,1H3/t13-,14-/m1/s1. The van der Waals surface area contributed by atoms with E-state index < -0.39 is 0 Å². The van der Waals surface area contributed by atoms with Crippen LogP contribution in [0, 0.1) is 0 Å². The number of ether oxygens (including phenoxy) is 2. The van der Waals surface area contributed by atoms with Crippen LogP contribution in [0.2, 0.25) is 0 Å². The van der Waals surface area contributed by atoms with Gasteiger partial charge in [-0.25, -0.2) is 0 Å². The molecular weight excluding hydrogens is 326 g/mol. The third-order valence-electron chi connectivity index (χ3n) is 4.32. The van der Waals surface area contributed by atoms with E-state index in [-0.39, 0.29) is 31.0 Å². The summed E-state index contributed by atoms with van der Waals surface area (Å²) in [6.07, 6.45) is 2.96. The summed E-state index contributed by atoms with van der Waals surface area (Å²) in [5.74, 6) is -0.529. The summed E-state index contributed by atoms with van der Waals surface area (Å²) in [6, 6.07) is 7.89. The summed E-state index contributed by atoms with van der Waals surface area (Å²) in [5.41, 5.74) is 0.909. The van der Waals surface area contributed by atoms with E-state index in [4.69, 9.17) is 9.47 Å². The number of anilines is 1. The van der Waals surface area contributed by atoms with Gasteiger partial charge >= 0.3 is 5.97 Å². The minimum absolute atomic E-state index is 0.0521. The van der Waals surface area contributed by atoms with E-state index >= 15 is 0 Å². The molecule has 1 aromatic rings. The number of esters is 1. The Morgan fingerprint density at radius 1 is 1.33 bits per heavy atom. The van der Waals surface area contributed by atoms with Gasteiger partial charge in [0.05, 0.1) is 18.2 Å². The summed E-state index contributed by atoms with van der Waals surface area (Å²) >= 11 is 1.78. The molecule has 2 heterocycles. The van der Waals surface area contributed by atoms with E-state index in [0.717, 1.165) is 29.8 Å². The zero-order chi connectivity index (χ0) is 16.9. The lowest BCUT2D eigenvalue weighted by atomic mass is 10.2. The molecule has 2 aliphatic rings. The predicted octanol–water partition coefficient (Wildman–Crippen LogP) is 3.02. The zero-order valence-corrected chi connectivity index (χ0v) is 14.7. The van der Waals surface area contributed by atoms with Crippen LogP contribution in [0.5, 0.6) is 0 Å². The lowest BCUT2D eigenvalue weighted by Crippen LogP contribution is -2.36. The van der Waals surface area contributed by atoms with Gasteiger partial charge in [-0.15, -0.1) is 11.8 Å². The Balaban J connectivity index is 1.59. The van der Waals surface area contributed by atoms with Gasteiger partial charge in [-0.1, -0.05) is 19.1 Å². The highest BCUT2D eigenvalue weighted by Crippen LogP contribution is 2.37. The van der Waals surface area contributed by atoms with Crippen molar-refractivity contribution in [1.29, 1.82) is 0 Å². The predicted molar refractivity (Wildman–Crippen MR) is 93.3 cm³/mol. The highest BCUT2D eigenvalue weighted by atomic mass is 32.2. The minimum Gasteiger partial charge on any atom is -0.455 e. The number of fused-ring (bicyclic) bond motifs is 1. The van der Waals surface area contributed by atoms with Crippen molar-refractivity contribution in [3.63, 3.8) is 0 Å². The number of thioether (sulfide) groups is 1. The van der Waals surface area contributed by atoms with Crippen LogP contribution in [0.15, 0.2) is 29.2 Å². The molecular formula is C18H23NO4S. The molecule has 1 aromatic carbocycles. The van der Waals surface area contributed by atoms with Crippen LogP contribution < -0.4 is 4.90 Å². The SMILES string of the molecule is C[C@@H]1CCN(C(=O)COC(=O)C[C@H]2CCCO2)c2ccccc2S1. The summed E-state index contributed by atoms with van der Waals surface area (Å²) in [5, 5.41) is 0.450. The second-order valence-electron chi connectivity index (χ2n) is 6.23. The van der Waals surface area contributed by atoms with Gasteiger partial charge in [0.1, 0.15) is 0 Å². The van der Waals surface area contributed by atoms with Gasteiger partial charge in [-0.3, -0.25) is 9.59 Å². The molecule has 6 heteroatoms. The number of hydrogen-bond acceptors (Lipinski definition) is 5. The van der Waals surface area contributed by atoms with Gasteiger partial charge < -0.3 is 14.4 Å². The van der Waals surface area contributed by atoms with Crippen LogP contribution >= 0.6 is 11.8 Å². The van der Waals surface area contributed by atoms with Crippen molar-refractivity contribution in [2.45, 2.75) is 48.9 Å². The highest BCUT2D eigenvalue weighted by molar-refractivity contribution is 8.00. The second kappa shape index (κ2) is 8.03. The molecule has 3 rings (SSSR count). The van der Waals surface area contributed by atoms with E-state index in [1.165, 1.54) is 0 Å². The largest absolute Gasteiger partial charge is 0.455 e. The van der Waals surface area contributed by atoms with Crippen LogP contribution in [-0.4, -0.2) is 43.0 Å². The van der Waals surface area contributed by atoms with Crippen molar-refractivity contribution in [3.8, 4) is 0 Å². The van der Waals surface area contributed by atoms with Gasteiger partial charge in [0.15, 0.2) is 6.61 Å². The summed E-state index contributed by atoms with van der Waals surface area (Å²) in [4.78, 5) is 27.3. The Morgan fingerprint density at radius 2 is 2.17 bits per heavy atom. The maximum Gasteiger partial charge on any atom is 0.308 e. The van der Waals surface area contributed by atoms with Crippen LogP contribution in [0.1, 0.15) is 32.6 Å². The molecule has 0 bridgehead atoms. The monoisotopic (exact) mass is 349 g/mol. The third kappa shape index (κ3) is 4.30. The van der Waals surface area contributed by atoms with Gasteiger partial charge in [-0.2, -0.15) is 0 Å². The lowest BCUT2D eigenvalue weighted by molar-refractivity contribution is -0.149. The van der Waals surface area contributed by atoms with E-state index in [2.05, 4.69) is 6.92 Å². The molecule has 2 aliphatic heterocycles. The van der Waals surface area contributed by atoms with E-state index in [1.807, 2.05) is 24.3 Å². The molecule has 0 aromatic heterocycles. The number of nitrogens with zero attached hydrogens (tertiary/aromatic N) is 1. The molecule has 0 spiro atoms. The zero-order valence-electron chi connectivity index (χ0n) is 13.9. The summed E-state index contributed by atoms with van der Waals surface area (Å²) < 4.78 is 10.6. The summed E-state index contributed by atoms with van der Waals surface area (Å²) in [7, 11) is 0. The molecule has 2 atom stereocenters. The fourth-order valence-electron chi connectivity index (χ4n) is 3.02. The topological polar surface area (TPSA) is 55.8 Å². The lowest BCUT2D eigenvalue weighted by Gasteiger charge is -2.22. The Bertz CT molecular complexity index is 600. The maximum absolute atomic E-state index is 12.6. The van der Waals surface area contributed by atoms with Crippen molar-refractivity contribution >= 4 is 29.3 Å². The van der Waals surface area contributed by atoms with Crippen LogP contribution in [-0.2, 0) is 19.1 Å². The normalized spacial score (nSPS) is 23.5. The average molecular weight is 349 g/mol. The Labute approximate surface area is 146 Å². The molecule has 130 valence electrons. The first kappa shape index (κ1) is 17.3. The quantitative estimate of drug-likeness (QED) is 0.782. The van der Waals surface area contributed by atoms with Crippen LogP contribution in [0.4, 0.5) is 5.69 Å². The number of para-hydroxylation sites is 1. The molecule has 0 unspecified atom stereocenters. The smallest absolute Gasteiger partial charge is 0.308 e. The number of benzene rings is 1. The Kier molecular flexibility index (Phi) is 5.79. The molecule has 1 fully saturated rings. The number of amides is 1. The fraction of sp³-hybridized carbons (Fsp3) is 0.556. The second-order valence-corrected chi connectivity index (χ2v) is 7.71. The molecule has 1 saturated heterocycles. The highest BCUT2D eigenvalue weighted by Gasteiger charge is 2.25. The van der Waals surface area contributed by atoms with E-state index in [1.54, 1.807) is 16.7 Å². The van der Waals surface area contributed by atoms with Crippen LogP contribution in [0.3, 0.4) is 0 Å². The van der Waals surface area contributed by atoms with E-state index in [0.29, 0.717) is 18.4 Å². The van der Waals surface area contributed by atoms with Crippen molar-refractivity contribution in [1.82, 2.24) is 0 Å².